The Morgan fingerprint density at radius 1 is 0.718 bits per heavy atom. The van der Waals surface area contributed by atoms with Crippen molar-refractivity contribution in [3.8, 4) is 0 Å². The molecule has 1 aliphatic rings. The average molecular weight is 547 g/mol. The van der Waals surface area contributed by atoms with Crippen LogP contribution in [0.15, 0.2) is 84.9 Å². The molecule has 5 rings (SSSR count). The number of anilines is 2. The van der Waals surface area contributed by atoms with Crippen molar-refractivity contribution < 1.29 is 19.1 Å². The van der Waals surface area contributed by atoms with Gasteiger partial charge in [0.1, 0.15) is 6.04 Å². The van der Waals surface area contributed by atoms with Crippen molar-refractivity contribution >= 4 is 63.0 Å². The summed E-state index contributed by atoms with van der Waals surface area (Å²) in [5.74, 6) is -1.22. The van der Waals surface area contributed by atoms with Gasteiger partial charge < -0.3 is 26.4 Å². The number of amides is 3. The highest BCUT2D eigenvalue weighted by atomic mass is 35.5. The van der Waals surface area contributed by atoms with E-state index >= 15 is 0 Å². The Balaban J connectivity index is 0.00000353. The second kappa shape index (κ2) is 12.7. The maximum Gasteiger partial charge on any atom is 0.256 e. The Morgan fingerprint density at radius 3 is 1.87 bits per heavy atom. The van der Waals surface area contributed by atoms with Crippen LogP contribution in [0.5, 0.6) is 0 Å². The van der Waals surface area contributed by atoms with Gasteiger partial charge in [-0.05, 0) is 48.7 Å². The number of ether oxygens (including phenoxy) is 1. The molecule has 4 aromatic carbocycles. The van der Waals surface area contributed by atoms with Crippen LogP contribution in [-0.4, -0.2) is 42.5 Å². The van der Waals surface area contributed by atoms with Crippen LogP contribution >= 0.6 is 12.4 Å². The summed E-state index contributed by atoms with van der Waals surface area (Å²) >= 11 is 0. The number of epoxide rings is 1. The molecule has 5 N–H and O–H groups in total. The normalized spacial score (nSPS) is 16.6. The summed E-state index contributed by atoms with van der Waals surface area (Å²) in [6.45, 7) is 0.494. The summed E-state index contributed by atoms with van der Waals surface area (Å²) in [7, 11) is 0. The van der Waals surface area contributed by atoms with E-state index in [0.717, 1.165) is 28.0 Å². The Morgan fingerprint density at radius 2 is 1.26 bits per heavy atom. The molecule has 0 saturated carbocycles. The van der Waals surface area contributed by atoms with Gasteiger partial charge in [-0.1, -0.05) is 72.8 Å². The minimum absolute atomic E-state index is 0. The van der Waals surface area contributed by atoms with E-state index in [-0.39, 0.29) is 18.3 Å². The molecule has 9 heteroatoms. The number of hydrogen-bond acceptors (Lipinski definition) is 5. The van der Waals surface area contributed by atoms with Gasteiger partial charge in [0.25, 0.3) is 11.8 Å². The largest absolute Gasteiger partial charge is 0.349 e. The van der Waals surface area contributed by atoms with Gasteiger partial charge in [0.2, 0.25) is 5.91 Å². The third-order valence-electron chi connectivity index (χ3n) is 6.68. The Labute approximate surface area is 232 Å². The topological polar surface area (TPSA) is 126 Å². The number of benzene rings is 4. The van der Waals surface area contributed by atoms with E-state index in [1.807, 2.05) is 84.9 Å². The third-order valence-corrected chi connectivity index (χ3v) is 6.68. The van der Waals surface area contributed by atoms with Gasteiger partial charge >= 0.3 is 0 Å². The van der Waals surface area contributed by atoms with Gasteiger partial charge in [-0.25, -0.2) is 0 Å². The van der Waals surface area contributed by atoms with Gasteiger partial charge in [0, 0.05) is 22.1 Å². The van der Waals surface area contributed by atoms with Crippen LogP contribution in [0.3, 0.4) is 0 Å². The fourth-order valence-corrected chi connectivity index (χ4v) is 4.62. The summed E-state index contributed by atoms with van der Waals surface area (Å²) < 4.78 is 5.43. The highest BCUT2D eigenvalue weighted by molar-refractivity contribution is 6.08. The predicted molar refractivity (Wildman–Crippen MR) is 156 cm³/mol. The summed E-state index contributed by atoms with van der Waals surface area (Å²) in [6, 6.07) is 26.0. The SMILES string of the molecule is Cl.NCCCC[C@H](NC(=O)[C@H]1O[C@@H]1C(=O)Nc1cccc2ccccc12)C(=O)Nc1cccc2ccccc12. The first-order chi connectivity index (χ1) is 18.5. The monoisotopic (exact) mass is 546 g/mol. The zero-order valence-electron chi connectivity index (χ0n) is 21.3. The van der Waals surface area contributed by atoms with Crippen molar-refractivity contribution in [3.05, 3.63) is 84.9 Å². The van der Waals surface area contributed by atoms with Crippen LogP contribution in [0.1, 0.15) is 19.3 Å². The summed E-state index contributed by atoms with van der Waals surface area (Å²) in [5, 5.41) is 12.4. The van der Waals surface area contributed by atoms with E-state index in [1.54, 1.807) is 0 Å². The van der Waals surface area contributed by atoms with Gasteiger partial charge in [0.15, 0.2) is 12.2 Å². The van der Waals surface area contributed by atoms with Gasteiger partial charge in [-0.3, -0.25) is 14.4 Å². The second-order valence-corrected chi connectivity index (χ2v) is 9.35. The molecule has 39 heavy (non-hydrogen) atoms. The lowest BCUT2D eigenvalue weighted by Gasteiger charge is -2.19. The molecule has 1 saturated heterocycles. The molecule has 0 unspecified atom stereocenters. The van der Waals surface area contributed by atoms with E-state index in [0.29, 0.717) is 30.8 Å². The lowest BCUT2D eigenvalue weighted by molar-refractivity contribution is -0.127. The first-order valence-corrected chi connectivity index (χ1v) is 12.8. The fraction of sp³-hybridized carbons (Fsp3) is 0.233. The Kier molecular flexibility index (Phi) is 9.14. The molecule has 8 nitrogen and oxygen atoms in total. The van der Waals surface area contributed by atoms with Crippen LogP contribution in [-0.2, 0) is 19.1 Å². The van der Waals surface area contributed by atoms with Crippen molar-refractivity contribution in [3.63, 3.8) is 0 Å². The molecule has 1 aliphatic heterocycles. The van der Waals surface area contributed by atoms with Crippen molar-refractivity contribution in [1.29, 1.82) is 0 Å². The molecule has 1 heterocycles. The van der Waals surface area contributed by atoms with E-state index in [1.165, 1.54) is 0 Å². The lowest BCUT2D eigenvalue weighted by Crippen LogP contribution is -2.46. The molecule has 0 spiro atoms. The van der Waals surface area contributed by atoms with E-state index < -0.39 is 30.1 Å². The number of rotatable bonds is 10. The lowest BCUT2D eigenvalue weighted by atomic mass is 10.1. The van der Waals surface area contributed by atoms with Crippen molar-refractivity contribution in [2.75, 3.05) is 17.2 Å². The molecule has 0 radical (unpaired) electrons. The van der Waals surface area contributed by atoms with Gasteiger partial charge in [-0.15, -0.1) is 12.4 Å². The number of fused-ring (bicyclic) bond motifs is 2. The maximum absolute atomic E-state index is 13.2. The number of carbonyl (C=O) groups is 3. The molecule has 0 aromatic heterocycles. The quantitative estimate of drug-likeness (QED) is 0.173. The minimum Gasteiger partial charge on any atom is -0.349 e. The molecule has 202 valence electrons. The first kappa shape index (κ1) is 28.0. The zero-order chi connectivity index (χ0) is 26.5. The van der Waals surface area contributed by atoms with Crippen molar-refractivity contribution in [2.45, 2.75) is 37.5 Å². The van der Waals surface area contributed by atoms with Crippen molar-refractivity contribution in [1.82, 2.24) is 5.32 Å². The predicted octanol–water partition coefficient (Wildman–Crippen LogP) is 4.37. The van der Waals surface area contributed by atoms with Crippen LogP contribution in [0.25, 0.3) is 21.5 Å². The van der Waals surface area contributed by atoms with Crippen LogP contribution in [0.4, 0.5) is 11.4 Å². The second-order valence-electron chi connectivity index (χ2n) is 9.35. The maximum atomic E-state index is 13.2. The molecule has 1 fully saturated rings. The molecule has 3 amide bonds. The number of nitrogens with two attached hydrogens (primary N) is 1. The van der Waals surface area contributed by atoms with Crippen molar-refractivity contribution in [2.24, 2.45) is 5.73 Å². The van der Waals surface area contributed by atoms with E-state index in [2.05, 4.69) is 16.0 Å². The number of carbonyl (C=O) groups excluding carboxylic acids is 3. The smallest absolute Gasteiger partial charge is 0.256 e. The van der Waals surface area contributed by atoms with Crippen LogP contribution in [0, 0.1) is 0 Å². The number of unbranched alkanes of at least 4 members (excludes halogenated alkanes) is 1. The number of hydrogen-bond donors (Lipinski definition) is 4. The standard InChI is InChI=1S/C30H30N4O4.ClH/c31-18-6-5-15-25(28(35)32-23-16-7-11-19-9-1-3-13-21(19)23)34-30(37)27-26(38-27)29(36)33-24-17-8-12-20-10-2-4-14-22(20)24;/h1-4,7-14,16-17,25-27H,5-6,15,18,31H2,(H,32,35)(H,33,36)(H,34,37);1H/t25-,26-,27-;/m0./s1. The molecule has 0 aliphatic carbocycles. The molecular formula is C30H31ClN4O4. The fourth-order valence-electron chi connectivity index (χ4n) is 4.62. The van der Waals surface area contributed by atoms with Crippen LogP contribution in [0.2, 0.25) is 0 Å². The third kappa shape index (κ3) is 6.54. The van der Waals surface area contributed by atoms with E-state index in [4.69, 9.17) is 10.5 Å². The van der Waals surface area contributed by atoms with Crippen LogP contribution < -0.4 is 21.7 Å². The first-order valence-electron chi connectivity index (χ1n) is 12.8. The summed E-state index contributed by atoms with van der Waals surface area (Å²) in [4.78, 5) is 39.0. The number of halogens is 1. The molecular weight excluding hydrogens is 516 g/mol. The zero-order valence-corrected chi connectivity index (χ0v) is 22.1. The summed E-state index contributed by atoms with van der Waals surface area (Å²) in [6.07, 6.45) is -0.0589. The Hall–Kier alpha value is -3.98. The van der Waals surface area contributed by atoms with E-state index in [9.17, 15) is 14.4 Å². The number of nitrogens with one attached hydrogen (secondary N) is 3. The van der Waals surface area contributed by atoms with Gasteiger partial charge in [0.05, 0.1) is 0 Å². The summed E-state index contributed by atoms with van der Waals surface area (Å²) in [5.41, 5.74) is 6.95. The molecule has 3 atom stereocenters. The minimum atomic E-state index is -0.952. The average Bonchev–Trinajstić information content (AvgIpc) is 3.75. The molecule has 4 aromatic rings. The Bertz CT molecular complexity index is 1480. The highest BCUT2D eigenvalue weighted by Crippen LogP contribution is 2.28. The highest BCUT2D eigenvalue weighted by Gasteiger charge is 2.51. The molecule has 0 bridgehead atoms. The van der Waals surface area contributed by atoms with Gasteiger partial charge in [-0.2, -0.15) is 0 Å².